The zero-order chi connectivity index (χ0) is 24.4. The molecule has 0 spiro atoms. The third-order valence-corrected chi connectivity index (χ3v) is 8.29. The van der Waals surface area contributed by atoms with Gasteiger partial charge in [-0.1, -0.05) is 13.8 Å². The lowest BCUT2D eigenvalue weighted by molar-refractivity contribution is -0.384. The molecule has 11 nitrogen and oxygen atoms in total. The summed E-state index contributed by atoms with van der Waals surface area (Å²) in [6.07, 6.45) is 0. The highest BCUT2D eigenvalue weighted by Gasteiger charge is 2.23. The Morgan fingerprint density at radius 1 is 0.970 bits per heavy atom. The van der Waals surface area contributed by atoms with Crippen LogP contribution in [-0.4, -0.2) is 48.9 Å². The van der Waals surface area contributed by atoms with Gasteiger partial charge in [-0.05, 0) is 43.3 Å². The van der Waals surface area contributed by atoms with Crippen molar-refractivity contribution in [2.75, 3.05) is 17.8 Å². The van der Waals surface area contributed by atoms with E-state index in [1.165, 1.54) is 63.6 Å². The molecule has 0 aliphatic heterocycles. The van der Waals surface area contributed by atoms with Gasteiger partial charge in [-0.25, -0.2) is 21.5 Å². The Kier molecular flexibility index (Phi) is 6.86. The van der Waals surface area contributed by atoms with E-state index in [4.69, 9.17) is 0 Å². The number of hydrogen-bond donors (Lipinski definition) is 1. The molecule has 1 N–H and O–H groups in total. The standard InChI is InChI=1S/C20H23N5O6S2/c1-4-23(5-2)33(30,31)19-12-10-18(11-13-19)32(28,29)22-20-14-15(3)21-24(20)16-6-8-17(9-7-16)25(26)27/h6-14,22H,4-5H2,1-3H3. The molecule has 33 heavy (non-hydrogen) atoms. The average Bonchev–Trinajstić information content (AvgIpc) is 3.13. The average molecular weight is 494 g/mol. The van der Waals surface area contributed by atoms with E-state index in [9.17, 15) is 26.9 Å². The van der Waals surface area contributed by atoms with E-state index < -0.39 is 25.0 Å². The summed E-state index contributed by atoms with van der Waals surface area (Å²) in [5, 5.41) is 15.1. The number of nitro groups is 1. The first-order chi connectivity index (χ1) is 15.5. The van der Waals surface area contributed by atoms with Crippen LogP contribution in [-0.2, 0) is 20.0 Å². The van der Waals surface area contributed by atoms with Gasteiger partial charge in [0.05, 0.1) is 26.1 Å². The van der Waals surface area contributed by atoms with Gasteiger partial charge in [-0.15, -0.1) is 0 Å². The molecule has 0 bridgehead atoms. The maximum atomic E-state index is 12.9. The number of hydrogen-bond acceptors (Lipinski definition) is 7. The Labute approximate surface area is 191 Å². The lowest BCUT2D eigenvalue weighted by Crippen LogP contribution is -2.30. The Morgan fingerprint density at radius 3 is 2.03 bits per heavy atom. The lowest BCUT2D eigenvalue weighted by Gasteiger charge is -2.18. The van der Waals surface area contributed by atoms with Gasteiger partial charge in [-0.2, -0.15) is 9.40 Å². The second-order valence-electron chi connectivity index (χ2n) is 7.02. The van der Waals surface area contributed by atoms with Crippen LogP contribution in [0.15, 0.2) is 64.4 Å². The van der Waals surface area contributed by atoms with Crippen LogP contribution < -0.4 is 4.72 Å². The quantitative estimate of drug-likeness (QED) is 0.356. The van der Waals surface area contributed by atoms with E-state index in [2.05, 4.69) is 9.82 Å². The van der Waals surface area contributed by atoms with E-state index in [0.717, 1.165) is 0 Å². The molecular weight excluding hydrogens is 470 g/mol. The van der Waals surface area contributed by atoms with Crippen molar-refractivity contribution >= 4 is 31.6 Å². The van der Waals surface area contributed by atoms with Crippen molar-refractivity contribution in [2.45, 2.75) is 30.6 Å². The molecule has 3 rings (SSSR count). The number of rotatable bonds is 9. The van der Waals surface area contributed by atoms with Gasteiger partial charge in [0, 0.05) is 31.3 Å². The van der Waals surface area contributed by atoms with Gasteiger partial charge in [-0.3, -0.25) is 14.8 Å². The van der Waals surface area contributed by atoms with E-state index in [-0.39, 0.29) is 21.3 Å². The molecule has 0 saturated carbocycles. The van der Waals surface area contributed by atoms with Crippen LogP contribution in [0.25, 0.3) is 5.69 Å². The van der Waals surface area contributed by atoms with Crippen molar-refractivity contribution in [1.29, 1.82) is 0 Å². The Bertz CT molecular complexity index is 1360. The van der Waals surface area contributed by atoms with E-state index in [1.807, 2.05) is 0 Å². The molecule has 0 amide bonds. The fraction of sp³-hybridized carbons (Fsp3) is 0.250. The summed E-state index contributed by atoms with van der Waals surface area (Å²) in [6.45, 7) is 5.71. The van der Waals surface area contributed by atoms with E-state index in [1.54, 1.807) is 20.8 Å². The number of aromatic nitrogens is 2. The van der Waals surface area contributed by atoms with Crippen LogP contribution >= 0.6 is 0 Å². The number of sulfonamides is 2. The minimum Gasteiger partial charge on any atom is -0.263 e. The van der Waals surface area contributed by atoms with Gasteiger partial charge in [0.2, 0.25) is 10.0 Å². The molecule has 176 valence electrons. The van der Waals surface area contributed by atoms with Crippen molar-refractivity contribution in [1.82, 2.24) is 14.1 Å². The molecule has 3 aromatic rings. The molecule has 0 fully saturated rings. The van der Waals surface area contributed by atoms with Crippen LogP contribution in [0.4, 0.5) is 11.5 Å². The Hall–Kier alpha value is -3.29. The smallest absolute Gasteiger partial charge is 0.263 e. The third-order valence-electron chi connectivity index (χ3n) is 4.85. The van der Waals surface area contributed by atoms with Crippen LogP contribution in [0.3, 0.4) is 0 Å². The maximum Gasteiger partial charge on any atom is 0.269 e. The zero-order valence-corrected chi connectivity index (χ0v) is 19.8. The van der Waals surface area contributed by atoms with Crippen LogP contribution in [0.5, 0.6) is 0 Å². The summed E-state index contributed by atoms with van der Waals surface area (Å²) in [5.74, 6) is 0.126. The number of nitrogens with zero attached hydrogens (tertiary/aromatic N) is 4. The molecule has 0 atom stereocenters. The Balaban J connectivity index is 1.91. The predicted molar refractivity (Wildman–Crippen MR) is 122 cm³/mol. The van der Waals surface area contributed by atoms with E-state index in [0.29, 0.717) is 24.5 Å². The topological polar surface area (TPSA) is 145 Å². The van der Waals surface area contributed by atoms with Gasteiger partial charge in [0.25, 0.3) is 15.7 Å². The molecule has 1 heterocycles. The SMILES string of the molecule is CCN(CC)S(=O)(=O)c1ccc(S(=O)(=O)Nc2cc(C)nn2-c2ccc([N+](=O)[O-])cc2)cc1. The normalized spacial score (nSPS) is 12.1. The second-order valence-corrected chi connectivity index (χ2v) is 10.6. The summed E-state index contributed by atoms with van der Waals surface area (Å²) in [4.78, 5) is 10.2. The summed E-state index contributed by atoms with van der Waals surface area (Å²) in [5.41, 5.74) is 0.836. The van der Waals surface area contributed by atoms with Gasteiger partial charge in [0.1, 0.15) is 5.82 Å². The molecule has 13 heteroatoms. The number of aryl methyl sites for hydroxylation is 1. The highest BCUT2D eigenvalue weighted by molar-refractivity contribution is 7.92. The Morgan fingerprint density at radius 2 is 1.52 bits per heavy atom. The zero-order valence-electron chi connectivity index (χ0n) is 18.2. The van der Waals surface area contributed by atoms with Crippen LogP contribution in [0.1, 0.15) is 19.5 Å². The van der Waals surface area contributed by atoms with Gasteiger partial charge >= 0.3 is 0 Å². The minimum absolute atomic E-state index is 0.00286. The summed E-state index contributed by atoms with van der Waals surface area (Å²) >= 11 is 0. The molecule has 0 aliphatic rings. The first-order valence-electron chi connectivity index (χ1n) is 9.94. The van der Waals surface area contributed by atoms with E-state index >= 15 is 0 Å². The first kappa shape index (κ1) is 24.4. The number of nitrogens with one attached hydrogen (secondary N) is 1. The summed E-state index contributed by atoms with van der Waals surface area (Å²) in [7, 11) is -7.79. The molecule has 0 radical (unpaired) electrons. The monoisotopic (exact) mass is 493 g/mol. The van der Waals surface area contributed by atoms with Crippen molar-refractivity contribution in [3.63, 3.8) is 0 Å². The second kappa shape index (κ2) is 9.29. The van der Waals surface area contributed by atoms with Gasteiger partial charge < -0.3 is 0 Å². The minimum atomic E-state index is -4.07. The fourth-order valence-corrected chi connectivity index (χ4v) is 5.68. The molecule has 1 aromatic heterocycles. The van der Waals surface area contributed by atoms with Crippen LogP contribution in [0.2, 0.25) is 0 Å². The first-order valence-corrected chi connectivity index (χ1v) is 12.9. The number of benzene rings is 2. The summed E-state index contributed by atoms with van der Waals surface area (Å²) in [6, 6.07) is 11.9. The highest BCUT2D eigenvalue weighted by Crippen LogP contribution is 2.24. The third kappa shape index (κ3) is 5.05. The summed E-state index contributed by atoms with van der Waals surface area (Å²) < 4.78 is 56.2. The predicted octanol–water partition coefficient (Wildman–Crippen LogP) is 2.92. The molecule has 0 aliphatic carbocycles. The lowest BCUT2D eigenvalue weighted by atomic mass is 10.3. The highest BCUT2D eigenvalue weighted by atomic mass is 32.2. The number of anilines is 1. The number of nitro benzene ring substituents is 1. The fourth-order valence-electron chi connectivity index (χ4n) is 3.18. The molecular formula is C20H23N5O6S2. The molecule has 0 unspecified atom stereocenters. The van der Waals surface area contributed by atoms with Gasteiger partial charge in [0.15, 0.2) is 0 Å². The van der Waals surface area contributed by atoms with Crippen molar-refractivity contribution in [3.8, 4) is 5.69 Å². The number of non-ortho nitro benzene ring substituents is 1. The van der Waals surface area contributed by atoms with Crippen molar-refractivity contribution in [2.24, 2.45) is 0 Å². The van der Waals surface area contributed by atoms with Crippen molar-refractivity contribution in [3.05, 3.63) is 70.4 Å². The molecule has 0 saturated heterocycles. The van der Waals surface area contributed by atoms with Crippen LogP contribution in [0, 0.1) is 17.0 Å². The van der Waals surface area contributed by atoms with Crippen molar-refractivity contribution < 1.29 is 21.8 Å². The largest absolute Gasteiger partial charge is 0.269 e. The molecule has 2 aromatic carbocycles. The maximum absolute atomic E-state index is 12.9.